The first kappa shape index (κ1) is 13.8. The largest absolute Gasteiger partial charge is 0.479 e. The zero-order valence-electron chi connectivity index (χ0n) is 9.81. The van der Waals surface area contributed by atoms with Crippen LogP contribution < -0.4 is 0 Å². The number of carboxylic acids is 1. The minimum Gasteiger partial charge on any atom is -0.479 e. The molecule has 0 aromatic heterocycles. The van der Waals surface area contributed by atoms with Crippen molar-refractivity contribution >= 4 is 23.5 Å². The molecule has 0 bridgehead atoms. The number of carbonyl (C=O) groups is 2. The summed E-state index contributed by atoms with van der Waals surface area (Å²) < 4.78 is 18.3. The Balaban J connectivity index is 2.14. The fourth-order valence-corrected chi connectivity index (χ4v) is 1.91. The van der Waals surface area contributed by atoms with Crippen molar-refractivity contribution in [3.8, 4) is 0 Å². The van der Waals surface area contributed by atoms with Crippen LogP contribution in [0.3, 0.4) is 0 Å². The third kappa shape index (κ3) is 3.02. The molecule has 1 N–H and O–H groups in total. The second-order valence-corrected chi connectivity index (χ2v) is 4.48. The molecule has 0 spiro atoms. The van der Waals surface area contributed by atoms with Crippen LogP contribution in [0.2, 0.25) is 5.02 Å². The standard InChI is InChI=1S/C12H11ClFNO4/c13-8-2-1-7(5-9(8)14)11(16)15-3-4-19-10(6-15)12(17)18/h1-2,5,10H,3-4,6H2,(H,17,18). The van der Waals surface area contributed by atoms with Crippen LogP contribution in [-0.2, 0) is 9.53 Å². The third-order valence-corrected chi connectivity index (χ3v) is 3.10. The molecule has 0 radical (unpaired) electrons. The first-order chi connectivity index (χ1) is 8.99. The lowest BCUT2D eigenvalue weighted by Crippen LogP contribution is -2.48. The van der Waals surface area contributed by atoms with Gasteiger partial charge in [-0.2, -0.15) is 0 Å². The van der Waals surface area contributed by atoms with E-state index in [4.69, 9.17) is 21.4 Å². The molecule has 0 aliphatic carbocycles. The van der Waals surface area contributed by atoms with Crippen molar-refractivity contribution < 1.29 is 23.8 Å². The number of ether oxygens (including phenoxy) is 1. The van der Waals surface area contributed by atoms with E-state index >= 15 is 0 Å². The van der Waals surface area contributed by atoms with Crippen LogP contribution in [0.15, 0.2) is 18.2 Å². The average molecular weight is 288 g/mol. The molecule has 1 saturated heterocycles. The predicted octanol–water partition coefficient (Wildman–Crippen LogP) is 1.40. The number of rotatable bonds is 2. The number of amides is 1. The van der Waals surface area contributed by atoms with Crippen molar-refractivity contribution in [3.05, 3.63) is 34.6 Å². The van der Waals surface area contributed by atoms with Gasteiger partial charge in [0.25, 0.3) is 5.91 Å². The molecular formula is C12H11ClFNO4. The quantitative estimate of drug-likeness (QED) is 0.893. The van der Waals surface area contributed by atoms with Gasteiger partial charge in [-0.25, -0.2) is 9.18 Å². The Hall–Kier alpha value is -1.66. The number of aliphatic carboxylic acids is 1. The van der Waals surface area contributed by atoms with E-state index in [1.165, 1.54) is 17.0 Å². The van der Waals surface area contributed by atoms with Gasteiger partial charge in [0.2, 0.25) is 0 Å². The number of carboxylic acid groups (broad SMARTS) is 1. The molecule has 1 aromatic rings. The summed E-state index contributed by atoms with van der Waals surface area (Å²) in [6, 6.07) is 3.73. The van der Waals surface area contributed by atoms with E-state index in [1.54, 1.807) is 0 Å². The van der Waals surface area contributed by atoms with Gasteiger partial charge in [0, 0.05) is 12.1 Å². The molecule has 5 nitrogen and oxygen atoms in total. The molecule has 1 amide bonds. The smallest absolute Gasteiger partial charge is 0.334 e. The van der Waals surface area contributed by atoms with Gasteiger partial charge in [-0.1, -0.05) is 11.6 Å². The van der Waals surface area contributed by atoms with Crippen LogP contribution in [-0.4, -0.2) is 47.7 Å². The van der Waals surface area contributed by atoms with Crippen LogP contribution in [0.5, 0.6) is 0 Å². The van der Waals surface area contributed by atoms with Crippen molar-refractivity contribution in [2.24, 2.45) is 0 Å². The Morgan fingerprint density at radius 2 is 2.21 bits per heavy atom. The van der Waals surface area contributed by atoms with Gasteiger partial charge in [-0.15, -0.1) is 0 Å². The summed E-state index contributed by atoms with van der Waals surface area (Å²) in [6.07, 6.45) is -1.05. The number of hydrogen-bond acceptors (Lipinski definition) is 3. The number of morpholine rings is 1. The van der Waals surface area contributed by atoms with Crippen LogP contribution in [0.4, 0.5) is 4.39 Å². The second-order valence-electron chi connectivity index (χ2n) is 4.08. The minimum absolute atomic E-state index is 0.0571. The van der Waals surface area contributed by atoms with E-state index in [0.29, 0.717) is 0 Å². The fourth-order valence-electron chi connectivity index (χ4n) is 1.79. The molecule has 1 aromatic carbocycles. The van der Waals surface area contributed by atoms with Crippen molar-refractivity contribution in [2.45, 2.75) is 6.10 Å². The molecule has 1 unspecified atom stereocenters. The highest BCUT2D eigenvalue weighted by Crippen LogP contribution is 2.18. The molecule has 0 saturated carbocycles. The number of carbonyl (C=O) groups excluding carboxylic acids is 1. The van der Waals surface area contributed by atoms with Crippen molar-refractivity contribution in [2.75, 3.05) is 19.7 Å². The molecule has 1 atom stereocenters. The molecular weight excluding hydrogens is 277 g/mol. The van der Waals surface area contributed by atoms with Gasteiger partial charge >= 0.3 is 5.97 Å². The first-order valence-corrected chi connectivity index (χ1v) is 5.95. The molecule has 1 heterocycles. The summed E-state index contributed by atoms with van der Waals surface area (Å²) in [6.45, 7) is 0.351. The molecule has 1 fully saturated rings. The predicted molar refractivity (Wildman–Crippen MR) is 64.7 cm³/mol. The van der Waals surface area contributed by atoms with Gasteiger partial charge in [-0.05, 0) is 18.2 Å². The van der Waals surface area contributed by atoms with Crippen molar-refractivity contribution in [1.82, 2.24) is 4.90 Å². The van der Waals surface area contributed by atoms with E-state index in [0.717, 1.165) is 6.07 Å². The van der Waals surface area contributed by atoms with Crippen LogP contribution in [0, 0.1) is 5.82 Å². The maximum atomic E-state index is 13.3. The average Bonchev–Trinajstić information content (AvgIpc) is 2.41. The highest BCUT2D eigenvalue weighted by Gasteiger charge is 2.29. The lowest BCUT2D eigenvalue weighted by atomic mass is 10.1. The fraction of sp³-hybridized carbons (Fsp3) is 0.333. The maximum Gasteiger partial charge on any atom is 0.334 e. The summed E-state index contributed by atoms with van der Waals surface area (Å²) in [5.74, 6) is -2.25. The lowest BCUT2D eigenvalue weighted by Gasteiger charge is -2.30. The summed E-state index contributed by atoms with van der Waals surface area (Å²) in [7, 11) is 0. The van der Waals surface area contributed by atoms with Gasteiger partial charge < -0.3 is 14.7 Å². The Morgan fingerprint density at radius 1 is 1.47 bits per heavy atom. The van der Waals surface area contributed by atoms with Crippen LogP contribution in [0.25, 0.3) is 0 Å². The third-order valence-electron chi connectivity index (χ3n) is 2.80. The highest BCUT2D eigenvalue weighted by atomic mass is 35.5. The zero-order chi connectivity index (χ0) is 14.0. The SMILES string of the molecule is O=C(O)C1CN(C(=O)c2ccc(Cl)c(F)c2)CCO1. The molecule has 7 heteroatoms. The van der Waals surface area contributed by atoms with Crippen LogP contribution >= 0.6 is 11.6 Å². The summed E-state index contributed by atoms with van der Waals surface area (Å²) >= 11 is 5.54. The zero-order valence-corrected chi connectivity index (χ0v) is 10.6. The number of benzene rings is 1. The van der Waals surface area contributed by atoms with E-state index in [9.17, 15) is 14.0 Å². The first-order valence-electron chi connectivity index (χ1n) is 5.58. The molecule has 1 aliphatic heterocycles. The van der Waals surface area contributed by atoms with E-state index in [2.05, 4.69) is 0 Å². The Kier molecular flexibility index (Phi) is 4.01. The normalized spacial score (nSPS) is 19.3. The summed E-state index contributed by atoms with van der Waals surface area (Å²) in [5, 5.41) is 8.78. The van der Waals surface area contributed by atoms with E-state index in [1.807, 2.05) is 0 Å². The van der Waals surface area contributed by atoms with Gasteiger partial charge in [0.05, 0.1) is 18.2 Å². The Bertz CT molecular complexity index is 522. The van der Waals surface area contributed by atoms with E-state index < -0.39 is 23.8 Å². The van der Waals surface area contributed by atoms with Crippen molar-refractivity contribution in [1.29, 1.82) is 0 Å². The molecule has 1 aliphatic rings. The topological polar surface area (TPSA) is 66.8 Å². The molecule has 102 valence electrons. The minimum atomic E-state index is -1.13. The van der Waals surface area contributed by atoms with Gasteiger partial charge in [-0.3, -0.25) is 4.79 Å². The lowest BCUT2D eigenvalue weighted by molar-refractivity contribution is -0.154. The number of hydrogen-bond donors (Lipinski definition) is 1. The highest BCUT2D eigenvalue weighted by molar-refractivity contribution is 6.30. The van der Waals surface area contributed by atoms with Crippen molar-refractivity contribution in [3.63, 3.8) is 0 Å². The Morgan fingerprint density at radius 3 is 2.84 bits per heavy atom. The summed E-state index contributed by atoms with van der Waals surface area (Å²) in [4.78, 5) is 24.2. The second kappa shape index (κ2) is 5.54. The Labute approximate surface area is 113 Å². The van der Waals surface area contributed by atoms with E-state index in [-0.39, 0.29) is 30.3 Å². The summed E-state index contributed by atoms with van der Waals surface area (Å²) in [5.41, 5.74) is 0.132. The number of nitrogens with zero attached hydrogens (tertiary/aromatic N) is 1. The molecule has 2 rings (SSSR count). The number of halogens is 2. The molecule has 19 heavy (non-hydrogen) atoms. The van der Waals surface area contributed by atoms with Gasteiger partial charge in [0.1, 0.15) is 5.82 Å². The monoisotopic (exact) mass is 287 g/mol. The maximum absolute atomic E-state index is 13.3. The van der Waals surface area contributed by atoms with Crippen LogP contribution in [0.1, 0.15) is 10.4 Å². The van der Waals surface area contributed by atoms with Gasteiger partial charge in [0.15, 0.2) is 6.10 Å².